The lowest BCUT2D eigenvalue weighted by Crippen LogP contribution is -2.20. The molecule has 220 valence electrons. The summed E-state index contributed by atoms with van der Waals surface area (Å²) in [6.07, 6.45) is 8.46. The third-order valence-electron chi connectivity index (χ3n) is 6.59. The number of rotatable bonds is 6. The van der Waals surface area contributed by atoms with Crippen molar-refractivity contribution in [2.24, 2.45) is 9.98 Å². The van der Waals surface area contributed by atoms with Crippen molar-refractivity contribution in [1.29, 1.82) is 0 Å². The van der Waals surface area contributed by atoms with Crippen molar-refractivity contribution in [1.82, 2.24) is 5.32 Å². The van der Waals surface area contributed by atoms with Gasteiger partial charge in [0.25, 0.3) is 0 Å². The Kier molecular flexibility index (Phi) is 12.8. The van der Waals surface area contributed by atoms with Gasteiger partial charge >= 0.3 is 6.03 Å². The van der Waals surface area contributed by atoms with E-state index in [4.69, 9.17) is 4.99 Å². The number of aryl methyl sites for hydroxylation is 2. The van der Waals surface area contributed by atoms with Gasteiger partial charge in [0.2, 0.25) is 0 Å². The fraction of sp³-hybridized carbons (Fsp3) is 0.306. The number of benzene rings is 3. The van der Waals surface area contributed by atoms with Crippen LogP contribution in [0.2, 0.25) is 0 Å². The average molecular weight is 564 g/mol. The Morgan fingerprint density at radius 1 is 0.810 bits per heavy atom. The molecule has 0 radical (unpaired) electrons. The highest BCUT2D eigenvalue weighted by Gasteiger charge is 2.10. The van der Waals surface area contributed by atoms with Gasteiger partial charge in [0.15, 0.2) is 0 Å². The molecule has 1 saturated carbocycles. The standard InChI is InChI=1S/C31H33N5O.C3H6.C2H6/c1-21-10-5-7-14-28(21)30-17-27(20-32-18-23(3)24(4)34-30)33-19-25-12-9-13-26(16-25)35-31(37)36-29-15-8-6-11-22(29)2;1-2-3-1;1-2/h5-18,33H,19-20H2,1-4H3,(H2,35,36,37);1-3H2;1-2H3/b24-23+,27-17+,32-18?,34-30+;;. The van der Waals surface area contributed by atoms with E-state index in [1.165, 1.54) is 24.8 Å². The van der Waals surface area contributed by atoms with E-state index in [0.717, 1.165) is 50.7 Å². The predicted octanol–water partition coefficient (Wildman–Crippen LogP) is 8.99. The molecule has 1 aliphatic carbocycles. The number of allylic oxidation sites excluding steroid dienone is 3. The van der Waals surface area contributed by atoms with Crippen LogP contribution in [0.25, 0.3) is 0 Å². The van der Waals surface area contributed by atoms with Gasteiger partial charge in [-0.1, -0.05) is 87.7 Å². The first-order valence-corrected chi connectivity index (χ1v) is 14.9. The Bertz CT molecular complexity index is 1460. The number of nitrogens with zero attached hydrogens (tertiary/aromatic N) is 2. The molecule has 1 heterocycles. The third-order valence-corrected chi connectivity index (χ3v) is 6.59. The number of nitrogens with one attached hydrogen (secondary N) is 3. The van der Waals surface area contributed by atoms with Gasteiger partial charge in [-0.2, -0.15) is 0 Å². The number of carbonyl (C=O) groups excluding carboxylic acids is 1. The van der Waals surface area contributed by atoms with Crippen LogP contribution in [0.1, 0.15) is 69.2 Å². The van der Waals surface area contributed by atoms with Crippen LogP contribution in [-0.4, -0.2) is 24.5 Å². The zero-order valence-electron chi connectivity index (χ0n) is 25.9. The molecule has 1 fully saturated rings. The highest BCUT2D eigenvalue weighted by atomic mass is 16.2. The molecule has 42 heavy (non-hydrogen) atoms. The molecule has 3 N–H and O–H groups in total. The van der Waals surface area contributed by atoms with Crippen molar-refractivity contribution in [2.45, 2.75) is 67.3 Å². The monoisotopic (exact) mass is 563 g/mol. The van der Waals surface area contributed by atoms with E-state index in [1.807, 2.05) is 101 Å². The van der Waals surface area contributed by atoms with Crippen molar-refractivity contribution in [2.75, 3.05) is 17.2 Å². The maximum atomic E-state index is 12.5. The van der Waals surface area contributed by atoms with Gasteiger partial charge < -0.3 is 16.0 Å². The van der Waals surface area contributed by atoms with Gasteiger partial charge in [-0.05, 0) is 74.2 Å². The minimum atomic E-state index is -0.273. The number of anilines is 2. The van der Waals surface area contributed by atoms with E-state index < -0.39 is 0 Å². The van der Waals surface area contributed by atoms with E-state index in [2.05, 4.69) is 46.1 Å². The molecule has 0 spiro atoms. The predicted molar refractivity (Wildman–Crippen MR) is 180 cm³/mol. The van der Waals surface area contributed by atoms with E-state index in [9.17, 15) is 4.79 Å². The summed E-state index contributed by atoms with van der Waals surface area (Å²) in [6.45, 7) is 13.2. The fourth-order valence-corrected chi connectivity index (χ4v) is 3.96. The first kappa shape index (κ1) is 32.1. The molecule has 3 aromatic rings. The number of aliphatic imine (C=N–C) groups is 2. The smallest absolute Gasteiger partial charge is 0.323 e. The van der Waals surface area contributed by atoms with Crippen LogP contribution in [0.5, 0.6) is 0 Å². The second-order valence-corrected chi connectivity index (χ2v) is 10.2. The molecule has 6 nitrogen and oxygen atoms in total. The molecule has 5 rings (SSSR count). The Hall–Kier alpha value is -4.45. The van der Waals surface area contributed by atoms with Gasteiger partial charge in [0.1, 0.15) is 0 Å². The average Bonchev–Trinajstić information content (AvgIpc) is 3.87. The van der Waals surface area contributed by atoms with Gasteiger partial charge in [0.05, 0.1) is 12.3 Å². The van der Waals surface area contributed by atoms with Crippen LogP contribution >= 0.6 is 0 Å². The van der Waals surface area contributed by atoms with Gasteiger partial charge in [-0.25, -0.2) is 4.79 Å². The Balaban J connectivity index is 0.000000891. The van der Waals surface area contributed by atoms with Crippen molar-refractivity contribution >= 4 is 29.3 Å². The molecule has 2 aliphatic rings. The van der Waals surface area contributed by atoms with Crippen LogP contribution < -0.4 is 16.0 Å². The van der Waals surface area contributed by atoms with E-state index in [0.29, 0.717) is 13.1 Å². The van der Waals surface area contributed by atoms with Gasteiger partial charge in [0, 0.05) is 41.1 Å². The highest BCUT2D eigenvalue weighted by molar-refractivity contribution is 6.10. The fourth-order valence-electron chi connectivity index (χ4n) is 3.96. The van der Waals surface area contributed by atoms with Crippen molar-refractivity contribution in [3.8, 4) is 0 Å². The zero-order chi connectivity index (χ0) is 30.3. The third kappa shape index (κ3) is 10.5. The molecule has 6 heteroatoms. The second kappa shape index (κ2) is 16.7. The molecule has 1 aliphatic heterocycles. The van der Waals surface area contributed by atoms with E-state index >= 15 is 0 Å². The zero-order valence-corrected chi connectivity index (χ0v) is 25.9. The number of carbonyl (C=O) groups is 1. The minimum Gasteiger partial charge on any atom is -0.383 e. The molecule has 0 unspecified atom stereocenters. The first-order chi connectivity index (χ1) is 20.4. The van der Waals surface area contributed by atoms with Crippen molar-refractivity contribution in [3.63, 3.8) is 0 Å². The summed E-state index contributed by atoms with van der Waals surface area (Å²) in [5, 5.41) is 9.36. The number of hydrogen-bond acceptors (Lipinski definition) is 4. The summed E-state index contributed by atoms with van der Waals surface area (Å²) in [4.78, 5) is 22.1. The van der Waals surface area contributed by atoms with Gasteiger partial charge in [-0.15, -0.1) is 0 Å². The molecule has 0 bridgehead atoms. The lowest BCUT2D eigenvalue weighted by Gasteiger charge is -2.13. The summed E-state index contributed by atoms with van der Waals surface area (Å²) in [6, 6.07) is 23.5. The quantitative estimate of drug-likeness (QED) is 0.280. The molecule has 0 aromatic heterocycles. The number of para-hydroxylation sites is 1. The van der Waals surface area contributed by atoms with E-state index in [-0.39, 0.29) is 6.03 Å². The maximum Gasteiger partial charge on any atom is 0.323 e. The highest BCUT2D eigenvalue weighted by Crippen LogP contribution is 2.18. The Labute approximate surface area is 251 Å². The van der Waals surface area contributed by atoms with Crippen LogP contribution in [0, 0.1) is 13.8 Å². The first-order valence-electron chi connectivity index (χ1n) is 14.9. The summed E-state index contributed by atoms with van der Waals surface area (Å²) >= 11 is 0. The van der Waals surface area contributed by atoms with Crippen LogP contribution in [0.3, 0.4) is 0 Å². The minimum absolute atomic E-state index is 0.273. The molecule has 0 saturated heterocycles. The van der Waals surface area contributed by atoms with Crippen molar-refractivity contribution < 1.29 is 4.79 Å². The molecule has 2 amide bonds. The summed E-state index contributed by atoms with van der Waals surface area (Å²) in [7, 11) is 0. The second-order valence-electron chi connectivity index (χ2n) is 10.2. The largest absolute Gasteiger partial charge is 0.383 e. The van der Waals surface area contributed by atoms with Gasteiger partial charge in [-0.3, -0.25) is 9.98 Å². The Morgan fingerprint density at radius 3 is 2.19 bits per heavy atom. The van der Waals surface area contributed by atoms with Crippen molar-refractivity contribution in [3.05, 3.63) is 118 Å². The van der Waals surface area contributed by atoms with E-state index in [1.54, 1.807) is 0 Å². The Morgan fingerprint density at radius 2 is 1.50 bits per heavy atom. The number of amides is 2. The molecule has 0 atom stereocenters. The van der Waals surface area contributed by atoms with Crippen LogP contribution in [-0.2, 0) is 6.54 Å². The topological polar surface area (TPSA) is 77.9 Å². The van der Waals surface area contributed by atoms with Crippen LogP contribution in [0.4, 0.5) is 16.2 Å². The van der Waals surface area contributed by atoms with Crippen LogP contribution in [0.15, 0.2) is 106 Å². The summed E-state index contributed by atoms with van der Waals surface area (Å²) < 4.78 is 0. The summed E-state index contributed by atoms with van der Waals surface area (Å²) in [5.74, 6) is 0. The maximum absolute atomic E-state index is 12.5. The molecular weight excluding hydrogens is 518 g/mol. The molecular formula is C36H45N5O. The lowest BCUT2D eigenvalue weighted by atomic mass is 10.0. The lowest BCUT2D eigenvalue weighted by molar-refractivity contribution is 0.262. The number of urea groups is 1. The number of hydrogen-bond donors (Lipinski definition) is 3. The summed E-state index contributed by atoms with van der Waals surface area (Å²) in [5.41, 5.74) is 9.70. The molecule has 3 aromatic carbocycles. The normalized spacial score (nSPS) is 18.0. The SMILES string of the molecule is C1CC1.CC.C\C1=C(C)/N=C(c2ccccc2C)\C=C(\NCc2cccc(NC(=O)Nc3ccccc3C)c2)CN=C1.